The predicted molar refractivity (Wildman–Crippen MR) is 51.3 cm³/mol. The maximum absolute atomic E-state index is 12.9. The molecule has 0 aliphatic carbocycles. The smallest absolute Gasteiger partial charge is 0.304 e. The van der Waals surface area contributed by atoms with Gasteiger partial charge in [-0.1, -0.05) is 0 Å². The summed E-state index contributed by atoms with van der Waals surface area (Å²) < 4.78 is 35.1. The fraction of sp³-hybridized carbons (Fsp3) is 0.500. The van der Waals surface area contributed by atoms with Crippen molar-refractivity contribution in [1.29, 1.82) is 0 Å². The maximum atomic E-state index is 12.9. The Morgan fingerprint density at radius 1 is 1.33 bits per heavy atom. The number of aromatic nitrogens is 1. The van der Waals surface area contributed by atoms with Crippen molar-refractivity contribution >= 4 is 0 Å². The highest BCUT2D eigenvalue weighted by Crippen LogP contribution is 2.17. The molecule has 0 unspecified atom stereocenters. The molecule has 0 aromatic carbocycles. The molecule has 1 rings (SSSR count). The number of aryl methyl sites for hydroxylation is 1. The molecule has 5 heteroatoms. The molecule has 1 heterocycles. The summed E-state index contributed by atoms with van der Waals surface area (Å²) >= 11 is 0. The van der Waals surface area contributed by atoms with Gasteiger partial charge in [-0.3, -0.25) is 4.98 Å². The first kappa shape index (κ1) is 11.8. The highest BCUT2D eigenvalue weighted by atomic mass is 19.3. The third kappa shape index (κ3) is 4.20. The molecule has 0 N–H and O–H groups in total. The van der Waals surface area contributed by atoms with Crippen molar-refractivity contribution in [3.8, 4) is 5.75 Å². The van der Waals surface area contributed by atoms with E-state index in [1.165, 1.54) is 13.3 Å². The van der Waals surface area contributed by atoms with Crippen molar-refractivity contribution in [1.82, 2.24) is 4.98 Å². The van der Waals surface area contributed by atoms with Gasteiger partial charge in [0.15, 0.2) is 6.61 Å². The Labute approximate surface area is 87.0 Å². The molecule has 0 saturated heterocycles. The average molecular weight is 217 g/mol. The van der Waals surface area contributed by atoms with Crippen molar-refractivity contribution in [2.75, 3.05) is 20.3 Å². The summed E-state index contributed by atoms with van der Waals surface area (Å²) in [6.45, 7) is 0.460. The van der Waals surface area contributed by atoms with Gasteiger partial charge in [-0.2, -0.15) is 0 Å². The quantitative estimate of drug-likeness (QED) is 0.756. The van der Waals surface area contributed by atoms with Crippen LogP contribution in [0.25, 0.3) is 0 Å². The molecule has 0 amide bonds. The van der Waals surface area contributed by atoms with Gasteiger partial charge in [-0.15, -0.1) is 0 Å². The van der Waals surface area contributed by atoms with Crippen LogP contribution in [0.5, 0.6) is 5.75 Å². The summed E-state index contributed by atoms with van der Waals surface area (Å²) in [5.74, 6) is -2.64. The van der Waals surface area contributed by atoms with Gasteiger partial charge in [0.05, 0.1) is 6.20 Å². The van der Waals surface area contributed by atoms with Crippen LogP contribution in [0, 0.1) is 6.92 Å². The van der Waals surface area contributed by atoms with Gasteiger partial charge in [0.25, 0.3) is 0 Å². The van der Waals surface area contributed by atoms with E-state index in [2.05, 4.69) is 9.72 Å². The highest BCUT2D eigenvalue weighted by molar-refractivity contribution is 5.19. The van der Waals surface area contributed by atoms with E-state index in [9.17, 15) is 8.78 Å². The van der Waals surface area contributed by atoms with Crippen LogP contribution in [0.1, 0.15) is 5.69 Å². The number of ether oxygens (including phenoxy) is 2. The first-order chi connectivity index (χ1) is 7.03. The molecule has 0 bridgehead atoms. The largest absolute Gasteiger partial charge is 0.486 e. The van der Waals surface area contributed by atoms with Crippen molar-refractivity contribution in [3.05, 3.63) is 24.0 Å². The third-order valence-corrected chi connectivity index (χ3v) is 1.69. The molecule has 0 aliphatic rings. The number of halogens is 2. The fourth-order valence-corrected chi connectivity index (χ4v) is 0.981. The lowest BCUT2D eigenvalue weighted by Crippen LogP contribution is -2.30. The van der Waals surface area contributed by atoms with Crippen LogP contribution in [0.15, 0.2) is 18.3 Å². The highest BCUT2D eigenvalue weighted by Gasteiger charge is 2.29. The van der Waals surface area contributed by atoms with E-state index in [0.717, 1.165) is 5.69 Å². The number of hydrogen-bond acceptors (Lipinski definition) is 3. The molecule has 0 spiro atoms. The van der Waals surface area contributed by atoms with Gasteiger partial charge in [-0.25, -0.2) is 8.78 Å². The fourth-order valence-electron chi connectivity index (χ4n) is 0.981. The Kier molecular flexibility index (Phi) is 3.96. The van der Waals surface area contributed by atoms with E-state index in [0.29, 0.717) is 5.75 Å². The van der Waals surface area contributed by atoms with Crippen LogP contribution < -0.4 is 4.74 Å². The summed E-state index contributed by atoms with van der Waals surface area (Å²) in [7, 11) is 1.22. The Balaban J connectivity index is 2.46. The molecule has 3 nitrogen and oxygen atoms in total. The zero-order chi connectivity index (χ0) is 11.3. The lowest BCUT2D eigenvalue weighted by atomic mass is 10.3. The van der Waals surface area contributed by atoms with E-state index < -0.39 is 19.1 Å². The normalized spacial score (nSPS) is 11.5. The van der Waals surface area contributed by atoms with Gasteiger partial charge >= 0.3 is 5.92 Å². The van der Waals surface area contributed by atoms with Gasteiger partial charge in [0, 0.05) is 12.8 Å². The molecule has 0 fully saturated rings. The molecular weight excluding hydrogens is 204 g/mol. The minimum atomic E-state index is -2.97. The van der Waals surface area contributed by atoms with E-state index in [1.54, 1.807) is 12.1 Å². The summed E-state index contributed by atoms with van der Waals surface area (Å²) in [6, 6.07) is 3.30. The Morgan fingerprint density at radius 2 is 2.07 bits per heavy atom. The van der Waals surface area contributed by atoms with Crippen LogP contribution in [0.3, 0.4) is 0 Å². The minimum absolute atomic E-state index is 0.330. The molecule has 0 saturated carbocycles. The van der Waals surface area contributed by atoms with Crippen molar-refractivity contribution in [3.63, 3.8) is 0 Å². The van der Waals surface area contributed by atoms with Crippen LogP contribution >= 0.6 is 0 Å². The molecule has 0 radical (unpaired) electrons. The second kappa shape index (κ2) is 5.02. The molecule has 0 aliphatic heterocycles. The predicted octanol–water partition coefficient (Wildman–Crippen LogP) is 2.05. The minimum Gasteiger partial charge on any atom is -0.486 e. The Hall–Kier alpha value is -1.23. The number of rotatable bonds is 5. The van der Waals surface area contributed by atoms with Gasteiger partial charge in [0.2, 0.25) is 0 Å². The van der Waals surface area contributed by atoms with E-state index in [1.807, 2.05) is 6.92 Å². The van der Waals surface area contributed by atoms with E-state index in [4.69, 9.17) is 4.74 Å². The summed E-state index contributed by atoms with van der Waals surface area (Å²) in [6.07, 6.45) is 1.41. The SMILES string of the molecule is COCC(F)(F)COc1ccc(C)nc1. The van der Waals surface area contributed by atoms with Crippen LogP contribution in [-0.2, 0) is 4.74 Å². The lowest BCUT2D eigenvalue weighted by Gasteiger charge is -2.15. The first-order valence-corrected chi connectivity index (χ1v) is 4.46. The monoisotopic (exact) mass is 217 g/mol. The second-order valence-corrected chi connectivity index (χ2v) is 3.21. The summed E-state index contributed by atoms with van der Waals surface area (Å²) in [5.41, 5.74) is 0.811. The van der Waals surface area contributed by atoms with Crippen molar-refractivity contribution in [2.24, 2.45) is 0 Å². The average Bonchev–Trinajstić information content (AvgIpc) is 2.17. The summed E-state index contributed by atoms with van der Waals surface area (Å²) in [5, 5.41) is 0. The standard InChI is InChI=1S/C10H13F2NO2/c1-8-3-4-9(5-13-8)15-7-10(11,12)6-14-2/h3-5H,6-7H2,1-2H3. The first-order valence-electron chi connectivity index (χ1n) is 4.46. The van der Waals surface area contributed by atoms with Crippen molar-refractivity contribution < 1.29 is 18.3 Å². The number of hydrogen-bond donors (Lipinski definition) is 0. The number of nitrogens with zero attached hydrogens (tertiary/aromatic N) is 1. The molecule has 15 heavy (non-hydrogen) atoms. The van der Waals surface area contributed by atoms with Gasteiger partial charge in [0.1, 0.15) is 12.4 Å². The van der Waals surface area contributed by atoms with Gasteiger partial charge in [-0.05, 0) is 19.1 Å². The molecule has 0 atom stereocenters. The lowest BCUT2D eigenvalue weighted by molar-refractivity contribution is -0.0911. The Bertz CT molecular complexity index is 301. The number of pyridine rings is 1. The van der Waals surface area contributed by atoms with Gasteiger partial charge < -0.3 is 9.47 Å². The Morgan fingerprint density at radius 3 is 2.60 bits per heavy atom. The number of methoxy groups -OCH3 is 1. The zero-order valence-electron chi connectivity index (χ0n) is 8.67. The molecule has 84 valence electrons. The maximum Gasteiger partial charge on any atom is 0.304 e. The topological polar surface area (TPSA) is 31.4 Å². The zero-order valence-corrected chi connectivity index (χ0v) is 8.67. The molecular formula is C10H13F2NO2. The molecule has 1 aromatic rings. The third-order valence-electron chi connectivity index (χ3n) is 1.69. The van der Waals surface area contributed by atoms with E-state index in [-0.39, 0.29) is 0 Å². The van der Waals surface area contributed by atoms with Crippen LogP contribution in [0.4, 0.5) is 8.78 Å². The molecule has 1 aromatic heterocycles. The van der Waals surface area contributed by atoms with E-state index >= 15 is 0 Å². The number of alkyl halides is 2. The van der Waals surface area contributed by atoms with Crippen molar-refractivity contribution in [2.45, 2.75) is 12.8 Å². The van der Waals surface area contributed by atoms with Crippen LogP contribution in [0.2, 0.25) is 0 Å². The van der Waals surface area contributed by atoms with Crippen LogP contribution in [-0.4, -0.2) is 31.2 Å². The second-order valence-electron chi connectivity index (χ2n) is 3.21. The summed E-state index contributed by atoms with van der Waals surface area (Å²) in [4.78, 5) is 3.92.